The molecule has 0 aromatic heterocycles. The van der Waals surface area contributed by atoms with Crippen molar-refractivity contribution >= 4 is 0 Å². The minimum absolute atomic E-state index is 0.0447. The van der Waals surface area contributed by atoms with Gasteiger partial charge in [0.05, 0.1) is 12.2 Å². The molecule has 1 N–H and O–H groups in total. The summed E-state index contributed by atoms with van der Waals surface area (Å²) in [5, 5.41) is 10.0. The van der Waals surface area contributed by atoms with Crippen LogP contribution in [0.2, 0.25) is 0 Å². The molecule has 0 aliphatic carbocycles. The summed E-state index contributed by atoms with van der Waals surface area (Å²) in [7, 11) is 2.07. The number of ether oxygens (including phenoxy) is 1. The van der Waals surface area contributed by atoms with Gasteiger partial charge in [-0.05, 0) is 25.8 Å². The molecule has 1 aliphatic heterocycles. The first-order chi connectivity index (χ1) is 6.82. The van der Waals surface area contributed by atoms with E-state index >= 15 is 0 Å². The van der Waals surface area contributed by atoms with Crippen LogP contribution in [0.3, 0.4) is 0 Å². The second-order valence-electron chi connectivity index (χ2n) is 5.75. The predicted molar refractivity (Wildman–Crippen MR) is 61.9 cm³/mol. The van der Waals surface area contributed by atoms with Crippen LogP contribution in [-0.2, 0) is 4.74 Å². The van der Waals surface area contributed by atoms with Crippen LogP contribution in [0.15, 0.2) is 0 Å². The van der Waals surface area contributed by atoms with Crippen LogP contribution in [0.1, 0.15) is 34.1 Å². The molecule has 0 radical (unpaired) electrons. The molecule has 3 nitrogen and oxygen atoms in total. The zero-order valence-electron chi connectivity index (χ0n) is 10.7. The minimum atomic E-state index is -0.282. The largest absolute Gasteiger partial charge is 0.391 e. The summed E-state index contributed by atoms with van der Waals surface area (Å²) in [6.45, 7) is 9.89. The Hall–Kier alpha value is -0.120. The van der Waals surface area contributed by atoms with Gasteiger partial charge < -0.3 is 9.84 Å². The molecule has 15 heavy (non-hydrogen) atoms. The molecule has 1 rings (SSSR count). The van der Waals surface area contributed by atoms with Crippen molar-refractivity contribution in [3.8, 4) is 0 Å². The third-order valence-electron chi connectivity index (χ3n) is 3.36. The third-order valence-corrected chi connectivity index (χ3v) is 3.36. The van der Waals surface area contributed by atoms with Crippen molar-refractivity contribution in [1.29, 1.82) is 0 Å². The molecule has 1 aliphatic rings. The quantitative estimate of drug-likeness (QED) is 0.774. The Bertz CT molecular complexity index is 200. The predicted octanol–water partition coefficient (Wildman–Crippen LogP) is 1.50. The zero-order valence-corrected chi connectivity index (χ0v) is 10.7. The number of aliphatic hydroxyl groups excluding tert-OH is 1. The minimum Gasteiger partial charge on any atom is -0.391 e. The fourth-order valence-electron chi connectivity index (χ4n) is 1.98. The van der Waals surface area contributed by atoms with Gasteiger partial charge in [0.1, 0.15) is 0 Å². The lowest BCUT2D eigenvalue weighted by molar-refractivity contribution is 0.0117. The maximum absolute atomic E-state index is 10.0. The van der Waals surface area contributed by atoms with Gasteiger partial charge in [0.25, 0.3) is 0 Å². The maximum Gasteiger partial charge on any atom is 0.0715 e. The highest BCUT2D eigenvalue weighted by Gasteiger charge is 2.31. The van der Waals surface area contributed by atoms with E-state index in [2.05, 4.69) is 39.6 Å². The molecule has 3 unspecified atom stereocenters. The lowest BCUT2D eigenvalue weighted by atomic mass is 9.88. The van der Waals surface area contributed by atoms with Crippen LogP contribution in [-0.4, -0.2) is 48.5 Å². The number of likely N-dealkylation sites (N-methyl/N-ethyl adjacent to an activating group) is 1. The van der Waals surface area contributed by atoms with Crippen molar-refractivity contribution < 1.29 is 9.84 Å². The Labute approximate surface area is 93.4 Å². The van der Waals surface area contributed by atoms with E-state index in [0.29, 0.717) is 12.1 Å². The van der Waals surface area contributed by atoms with E-state index in [9.17, 15) is 5.11 Å². The van der Waals surface area contributed by atoms with E-state index in [4.69, 9.17) is 4.74 Å². The highest BCUT2D eigenvalue weighted by molar-refractivity contribution is 4.84. The van der Waals surface area contributed by atoms with E-state index in [1.165, 1.54) is 0 Å². The standard InChI is InChI=1S/C12H25NO2/c1-9-10(6-7-15-9)13(5)8-11(14)12(2,3)4/h9-11,14H,6-8H2,1-5H3. The zero-order chi connectivity index (χ0) is 11.6. The smallest absolute Gasteiger partial charge is 0.0715 e. The molecule has 90 valence electrons. The summed E-state index contributed by atoms with van der Waals surface area (Å²) in [5.41, 5.74) is -0.0447. The number of aliphatic hydroxyl groups is 1. The fourth-order valence-corrected chi connectivity index (χ4v) is 1.98. The Morgan fingerprint density at radius 1 is 1.47 bits per heavy atom. The van der Waals surface area contributed by atoms with E-state index in [0.717, 1.165) is 19.6 Å². The summed E-state index contributed by atoms with van der Waals surface area (Å²) in [4.78, 5) is 2.23. The van der Waals surface area contributed by atoms with Gasteiger partial charge in [-0.15, -0.1) is 0 Å². The molecule has 0 saturated carbocycles. The summed E-state index contributed by atoms with van der Waals surface area (Å²) >= 11 is 0. The van der Waals surface area contributed by atoms with E-state index in [1.54, 1.807) is 0 Å². The number of rotatable bonds is 3. The van der Waals surface area contributed by atoms with E-state index < -0.39 is 0 Å². The molecule has 0 amide bonds. The molecule has 0 aromatic rings. The molecule has 0 spiro atoms. The first-order valence-electron chi connectivity index (χ1n) is 5.82. The third kappa shape index (κ3) is 3.44. The molecule has 0 aromatic carbocycles. The van der Waals surface area contributed by atoms with Gasteiger partial charge in [0.2, 0.25) is 0 Å². The van der Waals surface area contributed by atoms with E-state index in [1.807, 2.05) is 0 Å². The normalized spacial score (nSPS) is 29.8. The molecule has 0 bridgehead atoms. The molecular weight excluding hydrogens is 190 g/mol. The van der Waals surface area contributed by atoms with Crippen LogP contribution < -0.4 is 0 Å². The summed E-state index contributed by atoms with van der Waals surface area (Å²) in [5.74, 6) is 0. The van der Waals surface area contributed by atoms with Crippen LogP contribution in [0.25, 0.3) is 0 Å². The van der Waals surface area contributed by atoms with Gasteiger partial charge in [0.15, 0.2) is 0 Å². The first-order valence-corrected chi connectivity index (χ1v) is 5.82. The van der Waals surface area contributed by atoms with Crippen LogP contribution in [0, 0.1) is 5.41 Å². The molecule has 1 fully saturated rings. The summed E-state index contributed by atoms with van der Waals surface area (Å²) in [6, 6.07) is 0.460. The lowest BCUT2D eigenvalue weighted by Gasteiger charge is -2.33. The average molecular weight is 215 g/mol. The lowest BCUT2D eigenvalue weighted by Crippen LogP contribution is -2.44. The van der Waals surface area contributed by atoms with Crippen LogP contribution in [0.5, 0.6) is 0 Å². The molecule has 1 saturated heterocycles. The molecular formula is C12H25NO2. The Balaban J connectivity index is 2.44. The van der Waals surface area contributed by atoms with E-state index in [-0.39, 0.29) is 11.5 Å². The van der Waals surface area contributed by atoms with Crippen molar-refractivity contribution in [2.45, 2.75) is 52.4 Å². The monoisotopic (exact) mass is 215 g/mol. The van der Waals surface area contributed by atoms with Crippen LogP contribution in [0.4, 0.5) is 0 Å². The first kappa shape index (κ1) is 12.9. The SMILES string of the molecule is CC1OCCC1N(C)CC(O)C(C)(C)C. The summed E-state index contributed by atoms with van der Waals surface area (Å²) < 4.78 is 5.53. The van der Waals surface area contributed by atoms with Crippen molar-refractivity contribution in [2.75, 3.05) is 20.2 Å². The maximum atomic E-state index is 10.0. The van der Waals surface area contributed by atoms with Crippen molar-refractivity contribution in [2.24, 2.45) is 5.41 Å². The number of hydrogen-bond donors (Lipinski definition) is 1. The Morgan fingerprint density at radius 2 is 2.07 bits per heavy atom. The van der Waals surface area contributed by atoms with Crippen LogP contribution >= 0.6 is 0 Å². The van der Waals surface area contributed by atoms with Gasteiger partial charge in [-0.3, -0.25) is 4.90 Å². The van der Waals surface area contributed by atoms with Gasteiger partial charge in [-0.25, -0.2) is 0 Å². The van der Waals surface area contributed by atoms with Crippen molar-refractivity contribution in [3.05, 3.63) is 0 Å². The summed E-state index contributed by atoms with van der Waals surface area (Å²) in [6.07, 6.45) is 1.09. The average Bonchev–Trinajstić information content (AvgIpc) is 2.49. The highest BCUT2D eigenvalue weighted by Crippen LogP contribution is 2.23. The highest BCUT2D eigenvalue weighted by atomic mass is 16.5. The van der Waals surface area contributed by atoms with Gasteiger partial charge >= 0.3 is 0 Å². The van der Waals surface area contributed by atoms with Gasteiger partial charge in [-0.1, -0.05) is 20.8 Å². The van der Waals surface area contributed by atoms with Gasteiger partial charge in [0, 0.05) is 19.2 Å². The topological polar surface area (TPSA) is 32.7 Å². The second-order valence-corrected chi connectivity index (χ2v) is 5.75. The fraction of sp³-hybridized carbons (Fsp3) is 1.00. The molecule has 3 atom stereocenters. The molecule has 3 heteroatoms. The second kappa shape index (κ2) is 4.81. The Morgan fingerprint density at radius 3 is 2.47 bits per heavy atom. The van der Waals surface area contributed by atoms with Crippen molar-refractivity contribution in [3.63, 3.8) is 0 Å². The number of nitrogens with zero attached hydrogens (tertiary/aromatic N) is 1. The molecule has 1 heterocycles. The number of hydrogen-bond acceptors (Lipinski definition) is 3. The Kier molecular flexibility index (Phi) is 4.15. The van der Waals surface area contributed by atoms with Crippen molar-refractivity contribution in [1.82, 2.24) is 4.90 Å². The van der Waals surface area contributed by atoms with Gasteiger partial charge in [-0.2, -0.15) is 0 Å².